The number of aliphatic imine (C=N–C) groups is 1. The Morgan fingerprint density at radius 1 is 1.68 bits per heavy atom. The first-order chi connectivity index (χ1) is 10.4. The van der Waals surface area contributed by atoms with E-state index in [9.17, 15) is 9.36 Å². The SMILES string of the molecule is C=Nc1c(C(=O)NC)ncn1[C@H]1CC[C@@H](COP(=O)(O)O)O1. The van der Waals surface area contributed by atoms with Gasteiger partial charge in [-0.2, -0.15) is 0 Å². The smallest absolute Gasteiger partial charge is 0.354 e. The van der Waals surface area contributed by atoms with Crippen LogP contribution in [-0.2, 0) is 13.8 Å². The summed E-state index contributed by atoms with van der Waals surface area (Å²) in [6, 6.07) is 0. The maximum absolute atomic E-state index is 11.7. The standard InChI is InChI=1S/C11H17N4O6P/c1-12-10-9(11(16)13-2)14-6-15(10)8-4-3-7(21-8)5-20-22(17,18)19/h6-8H,1,3-5H2,2H3,(H,13,16)(H2,17,18,19)/t7-,8+/m0/s1. The van der Waals surface area contributed by atoms with E-state index in [1.165, 1.54) is 13.4 Å². The number of nitrogens with zero attached hydrogens (tertiary/aromatic N) is 3. The molecule has 0 radical (unpaired) electrons. The van der Waals surface area contributed by atoms with Crippen LogP contribution in [0.3, 0.4) is 0 Å². The summed E-state index contributed by atoms with van der Waals surface area (Å²) in [5.41, 5.74) is 0.135. The predicted octanol–water partition coefficient (Wildman–Crippen LogP) is 0.362. The number of phosphoric ester groups is 1. The Labute approximate surface area is 126 Å². The molecule has 0 saturated carbocycles. The minimum atomic E-state index is -4.52. The molecule has 2 heterocycles. The quantitative estimate of drug-likeness (QED) is 0.505. The molecule has 122 valence electrons. The highest BCUT2D eigenvalue weighted by atomic mass is 31.2. The third-order valence-corrected chi connectivity index (χ3v) is 3.67. The molecule has 0 bridgehead atoms. The molecule has 1 fully saturated rings. The van der Waals surface area contributed by atoms with Crippen LogP contribution in [0.2, 0.25) is 0 Å². The molecule has 1 aliphatic heterocycles. The molecule has 2 rings (SSSR count). The van der Waals surface area contributed by atoms with Crippen molar-refractivity contribution >= 4 is 26.3 Å². The van der Waals surface area contributed by atoms with Gasteiger partial charge in [-0.1, -0.05) is 0 Å². The average molecular weight is 332 g/mol. The zero-order chi connectivity index (χ0) is 16.3. The first kappa shape index (κ1) is 16.8. The molecule has 1 aromatic heterocycles. The maximum atomic E-state index is 11.7. The van der Waals surface area contributed by atoms with E-state index in [0.29, 0.717) is 12.8 Å². The van der Waals surface area contributed by atoms with Crippen LogP contribution in [0.1, 0.15) is 29.6 Å². The van der Waals surface area contributed by atoms with Gasteiger partial charge >= 0.3 is 7.82 Å². The van der Waals surface area contributed by atoms with Crippen molar-refractivity contribution in [2.24, 2.45) is 4.99 Å². The molecule has 1 aromatic rings. The largest absolute Gasteiger partial charge is 0.469 e. The molecule has 11 heteroatoms. The summed E-state index contributed by atoms with van der Waals surface area (Å²) in [4.78, 5) is 36.8. The Kier molecular flexibility index (Phi) is 5.09. The third-order valence-electron chi connectivity index (χ3n) is 3.18. The van der Waals surface area contributed by atoms with Crippen LogP contribution < -0.4 is 5.32 Å². The lowest BCUT2D eigenvalue weighted by Crippen LogP contribution is -2.19. The van der Waals surface area contributed by atoms with Crippen molar-refractivity contribution in [2.75, 3.05) is 13.7 Å². The van der Waals surface area contributed by atoms with Crippen molar-refractivity contribution in [3.05, 3.63) is 12.0 Å². The Bertz CT molecular complexity index is 612. The van der Waals surface area contributed by atoms with E-state index >= 15 is 0 Å². The fraction of sp³-hybridized carbons (Fsp3) is 0.545. The van der Waals surface area contributed by atoms with Gasteiger partial charge in [-0.25, -0.2) is 14.5 Å². The van der Waals surface area contributed by atoms with Gasteiger partial charge < -0.3 is 19.8 Å². The van der Waals surface area contributed by atoms with Gasteiger partial charge in [0.05, 0.1) is 19.0 Å². The Morgan fingerprint density at radius 3 is 3.00 bits per heavy atom. The fourth-order valence-corrected chi connectivity index (χ4v) is 2.56. The van der Waals surface area contributed by atoms with E-state index in [4.69, 9.17) is 14.5 Å². The molecule has 3 N–H and O–H groups in total. The summed E-state index contributed by atoms with van der Waals surface area (Å²) in [5, 5.41) is 2.46. The molecular formula is C11H17N4O6P. The number of hydrogen-bond acceptors (Lipinski definition) is 6. The van der Waals surface area contributed by atoms with Gasteiger partial charge in [-0.05, 0) is 19.6 Å². The van der Waals surface area contributed by atoms with Gasteiger partial charge in [0, 0.05) is 7.05 Å². The zero-order valence-corrected chi connectivity index (χ0v) is 12.8. The van der Waals surface area contributed by atoms with Crippen LogP contribution in [0.25, 0.3) is 0 Å². The number of carbonyl (C=O) groups excluding carboxylic acids is 1. The maximum Gasteiger partial charge on any atom is 0.469 e. The van der Waals surface area contributed by atoms with E-state index in [1.807, 2.05) is 0 Å². The fourth-order valence-electron chi connectivity index (χ4n) is 2.19. The van der Waals surface area contributed by atoms with Crippen LogP contribution in [0.15, 0.2) is 11.3 Å². The lowest BCUT2D eigenvalue weighted by Gasteiger charge is -2.16. The van der Waals surface area contributed by atoms with Crippen LogP contribution in [0.4, 0.5) is 5.82 Å². The monoisotopic (exact) mass is 332 g/mol. The molecule has 0 aromatic carbocycles. The molecule has 22 heavy (non-hydrogen) atoms. The summed E-state index contributed by atoms with van der Waals surface area (Å²) < 4.78 is 22.3. The minimum Gasteiger partial charge on any atom is -0.354 e. The van der Waals surface area contributed by atoms with Gasteiger partial charge in [0.25, 0.3) is 5.91 Å². The Balaban J connectivity index is 2.07. The van der Waals surface area contributed by atoms with Gasteiger partial charge in [-0.3, -0.25) is 13.9 Å². The topological polar surface area (TPSA) is 135 Å². The van der Waals surface area contributed by atoms with Gasteiger partial charge in [0.2, 0.25) is 0 Å². The molecular weight excluding hydrogens is 315 g/mol. The number of ether oxygens (including phenoxy) is 1. The minimum absolute atomic E-state index is 0.135. The first-order valence-electron chi connectivity index (χ1n) is 6.47. The highest BCUT2D eigenvalue weighted by Crippen LogP contribution is 2.39. The van der Waals surface area contributed by atoms with Gasteiger partial charge in [-0.15, -0.1) is 0 Å². The normalized spacial score (nSPS) is 21.8. The molecule has 1 amide bonds. The van der Waals surface area contributed by atoms with E-state index in [2.05, 4.69) is 26.5 Å². The van der Waals surface area contributed by atoms with Crippen molar-refractivity contribution in [1.82, 2.24) is 14.9 Å². The van der Waals surface area contributed by atoms with Crippen molar-refractivity contribution in [3.8, 4) is 0 Å². The van der Waals surface area contributed by atoms with Crippen molar-refractivity contribution in [1.29, 1.82) is 0 Å². The number of imidazole rings is 1. The van der Waals surface area contributed by atoms with Crippen molar-refractivity contribution in [3.63, 3.8) is 0 Å². The second-order valence-electron chi connectivity index (χ2n) is 4.64. The van der Waals surface area contributed by atoms with Gasteiger partial charge in [0.15, 0.2) is 11.5 Å². The van der Waals surface area contributed by atoms with Crippen LogP contribution in [0, 0.1) is 0 Å². The molecule has 2 atom stereocenters. The van der Waals surface area contributed by atoms with E-state index < -0.39 is 20.2 Å². The Morgan fingerprint density at radius 2 is 2.41 bits per heavy atom. The van der Waals surface area contributed by atoms with Crippen molar-refractivity contribution in [2.45, 2.75) is 25.2 Å². The van der Waals surface area contributed by atoms with E-state index in [0.717, 1.165) is 0 Å². The number of nitrogens with one attached hydrogen (secondary N) is 1. The molecule has 10 nitrogen and oxygen atoms in total. The van der Waals surface area contributed by atoms with Crippen molar-refractivity contribution < 1.29 is 28.4 Å². The second-order valence-corrected chi connectivity index (χ2v) is 5.88. The molecule has 1 saturated heterocycles. The summed E-state index contributed by atoms with van der Waals surface area (Å²) in [5.74, 6) is -0.110. The predicted molar refractivity (Wildman–Crippen MR) is 76.0 cm³/mol. The lowest BCUT2D eigenvalue weighted by atomic mass is 10.2. The summed E-state index contributed by atoms with van der Waals surface area (Å²) in [6.07, 6.45) is 1.64. The molecule has 0 aliphatic carbocycles. The second kappa shape index (κ2) is 6.67. The number of phosphoric acid groups is 1. The summed E-state index contributed by atoms with van der Waals surface area (Å²) in [6.45, 7) is 3.21. The number of rotatable bonds is 6. The molecule has 0 spiro atoms. The summed E-state index contributed by atoms with van der Waals surface area (Å²) in [7, 11) is -3.04. The lowest BCUT2D eigenvalue weighted by molar-refractivity contribution is -0.0213. The zero-order valence-electron chi connectivity index (χ0n) is 11.9. The van der Waals surface area contributed by atoms with E-state index in [-0.39, 0.29) is 24.0 Å². The average Bonchev–Trinajstić information content (AvgIpc) is 3.09. The van der Waals surface area contributed by atoms with Crippen LogP contribution in [0.5, 0.6) is 0 Å². The summed E-state index contributed by atoms with van der Waals surface area (Å²) >= 11 is 0. The molecule has 0 unspecified atom stereocenters. The molecule has 1 aliphatic rings. The third kappa shape index (κ3) is 3.79. The number of aromatic nitrogens is 2. The van der Waals surface area contributed by atoms with Crippen LogP contribution >= 0.6 is 7.82 Å². The first-order valence-corrected chi connectivity index (χ1v) is 8.00. The highest BCUT2D eigenvalue weighted by molar-refractivity contribution is 7.46. The number of amides is 1. The van der Waals surface area contributed by atoms with E-state index in [1.54, 1.807) is 4.57 Å². The van der Waals surface area contributed by atoms with Gasteiger partial charge in [0.1, 0.15) is 6.23 Å². The Hall–Kier alpha value is -1.58. The number of hydrogen-bond donors (Lipinski definition) is 3. The van der Waals surface area contributed by atoms with Crippen LogP contribution in [-0.4, -0.2) is 51.7 Å². The highest BCUT2D eigenvalue weighted by Gasteiger charge is 2.31. The number of carbonyl (C=O) groups is 1.